The van der Waals surface area contributed by atoms with E-state index in [-0.39, 0.29) is 11.5 Å². The van der Waals surface area contributed by atoms with Crippen LogP contribution < -0.4 is 23.1 Å². The Bertz CT molecular complexity index is 1130. The van der Waals surface area contributed by atoms with E-state index in [2.05, 4.69) is 8.56 Å². The molecule has 0 unspecified atom stereocenters. The first-order valence-electron chi connectivity index (χ1n) is 8.39. The van der Waals surface area contributed by atoms with Crippen LogP contribution in [0.15, 0.2) is 35.7 Å². The lowest BCUT2D eigenvalue weighted by atomic mass is 10.0. The number of rotatable bonds is 8. The molecule has 0 aliphatic heterocycles. The van der Waals surface area contributed by atoms with E-state index in [1.165, 1.54) is 52.1 Å². The average Bonchev–Trinajstić information content (AvgIpc) is 3.21. The molecule has 0 saturated carbocycles. The Kier molecular flexibility index (Phi) is 6.34. The van der Waals surface area contributed by atoms with Crippen molar-refractivity contribution in [1.29, 1.82) is 0 Å². The van der Waals surface area contributed by atoms with Crippen LogP contribution in [0.3, 0.4) is 0 Å². The van der Waals surface area contributed by atoms with Gasteiger partial charge in [0.2, 0.25) is 5.75 Å². The summed E-state index contributed by atoms with van der Waals surface area (Å²) in [6, 6.07) is 8.12. The molecule has 0 radical (unpaired) electrons. The Morgan fingerprint density at radius 2 is 1.43 bits per heavy atom. The van der Waals surface area contributed by atoms with Crippen molar-refractivity contribution >= 4 is 21.9 Å². The summed E-state index contributed by atoms with van der Waals surface area (Å²) in [4.78, 5) is 0. The minimum Gasteiger partial charge on any atom is -0.716 e. The first kappa shape index (κ1) is 21.7. The quantitative estimate of drug-likeness (QED) is 0.375. The predicted molar refractivity (Wildman–Crippen MR) is 110 cm³/mol. The summed E-state index contributed by atoms with van der Waals surface area (Å²) in [6.45, 7) is 0. The van der Waals surface area contributed by atoms with Crippen molar-refractivity contribution in [2.24, 2.45) is 0 Å². The fourth-order valence-corrected chi connectivity index (χ4v) is 3.95. The Morgan fingerprint density at radius 3 is 1.97 bits per heavy atom. The Morgan fingerprint density at radius 1 is 0.833 bits per heavy atom. The zero-order valence-corrected chi connectivity index (χ0v) is 18.1. The highest BCUT2D eigenvalue weighted by Gasteiger charge is 2.19. The number of benzene rings is 2. The van der Waals surface area contributed by atoms with Crippen LogP contribution in [-0.2, 0) is 10.4 Å². The van der Waals surface area contributed by atoms with Crippen LogP contribution in [0, 0.1) is 0 Å². The fourth-order valence-electron chi connectivity index (χ4n) is 2.89. The van der Waals surface area contributed by atoms with Crippen LogP contribution in [0.5, 0.6) is 28.7 Å². The number of nitrogens with zero attached hydrogens (tertiary/aromatic N) is 1. The molecule has 0 spiro atoms. The van der Waals surface area contributed by atoms with Gasteiger partial charge in [-0.2, -0.15) is 4.37 Å². The Labute approximate surface area is 177 Å². The maximum Gasteiger partial charge on any atom is 0.262 e. The third-order valence-corrected chi connectivity index (χ3v) is 5.19. The molecule has 0 aliphatic carbocycles. The number of hydrogen-bond donors (Lipinski definition) is 0. The van der Waals surface area contributed by atoms with E-state index in [4.69, 9.17) is 18.9 Å². The van der Waals surface area contributed by atoms with E-state index >= 15 is 0 Å². The van der Waals surface area contributed by atoms with Crippen molar-refractivity contribution < 1.29 is 36.1 Å². The number of ether oxygens (including phenoxy) is 4. The normalized spacial score (nSPS) is 11.1. The van der Waals surface area contributed by atoms with Crippen molar-refractivity contribution in [3.05, 3.63) is 35.7 Å². The molecule has 160 valence electrons. The Hall–Kier alpha value is -3.02. The van der Waals surface area contributed by atoms with Crippen molar-refractivity contribution in [2.45, 2.75) is 0 Å². The van der Waals surface area contributed by atoms with E-state index in [0.717, 1.165) is 0 Å². The molecule has 30 heavy (non-hydrogen) atoms. The molecular weight excluding hydrogens is 434 g/mol. The molecule has 0 saturated heterocycles. The number of methoxy groups -OCH3 is 4. The van der Waals surface area contributed by atoms with Gasteiger partial charge in [0, 0.05) is 16.5 Å². The van der Waals surface area contributed by atoms with E-state index in [1.807, 2.05) is 0 Å². The van der Waals surface area contributed by atoms with E-state index in [0.29, 0.717) is 39.6 Å². The van der Waals surface area contributed by atoms with Crippen molar-refractivity contribution in [2.75, 3.05) is 28.4 Å². The van der Waals surface area contributed by atoms with Gasteiger partial charge in [0.05, 0.1) is 34.1 Å². The molecule has 1 heterocycles. The maximum atomic E-state index is 11.1. The van der Waals surface area contributed by atoms with Gasteiger partial charge in [0.15, 0.2) is 23.0 Å². The van der Waals surface area contributed by atoms with Crippen LogP contribution in [0.25, 0.3) is 22.4 Å². The standard InChI is InChI=1S/C19H19NO8S2/c1-24-14-6-5-11(7-15(14)28-30(21,22)23)13-10-29-20-18(13)12-8-16(25-2)19(27-4)17(9-12)26-3/h5-10H,1-4H3,(H,21,22,23)/p-1. The summed E-state index contributed by atoms with van der Waals surface area (Å²) in [5, 5.41) is 1.79. The van der Waals surface area contributed by atoms with E-state index in [9.17, 15) is 13.0 Å². The molecule has 0 fully saturated rings. The SMILES string of the molecule is COc1ccc(-c2csnc2-c2cc(OC)c(OC)c(OC)c2)cc1OS(=O)(=O)[O-]. The van der Waals surface area contributed by atoms with Crippen LogP contribution >= 0.6 is 11.5 Å². The van der Waals surface area contributed by atoms with Crippen molar-refractivity contribution in [3.63, 3.8) is 0 Å². The van der Waals surface area contributed by atoms with Gasteiger partial charge in [0.1, 0.15) is 0 Å². The zero-order chi connectivity index (χ0) is 21.9. The summed E-state index contributed by atoms with van der Waals surface area (Å²) >= 11 is 1.21. The number of hydrogen-bond acceptors (Lipinski definition) is 10. The first-order valence-corrected chi connectivity index (χ1v) is 10.6. The summed E-state index contributed by atoms with van der Waals surface area (Å²) in [5.41, 5.74) is 2.55. The first-order chi connectivity index (χ1) is 14.3. The zero-order valence-electron chi connectivity index (χ0n) is 16.5. The molecule has 3 rings (SSSR count). The lowest BCUT2D eigenvalue weighted by Crippen LogP contribution is -2.08. The van der Waals surface area contributed by atoms with Gasteiger partial charge in [0.25, 0.3) is 10.4 Å². The summed E-state index contributed by atoms with van der Waals surface area (Å²) in [5.74, 6) is 1.26. The third kappa shape index (κ3) is 4.42. The van der Waals surface area contributed by atoms with E-state index in [1.54, 1.807) is 23.6 Å². The smallest absolute Gasteiger partial charge is 0.262 e. The molecule has 9 nitrogen and oxygen atoms in total. The second-order valence-electron chi connectivity index (χ2n) is 5.85. The van der Waals surface area contributed by atoms with Gasteiger partial charge in [-0.15, -0.1) is 0 Å². The largest absolute Gasteiger partial charge is 0.716 e. The van der Waals surface area contributed by atoms with Gasteiger partial charge in [-0.05, 0) is 41.4 Å². The van der Waals surface area contributed by atoms with Gasteiger partial charge >= 0.3 is 0 Å². The molecule has 1 aromatic heterocycles. The highest BCUT2D eigenvalue weighted by atomic mass is 32.3. The molecule has 2 aromatic carbocycles. The molecule has 0 amide bonds. The molecule has 3 aromatic rings. The predicted octanol–water partition coefficient (Wildman–Crippen LogP) is 3.35. The molecule has 0 bridgehead atoms. The summed E-state index contributed by atoms with van der Waals surface area (Å²) < 4.78 is 63.4. The molecule has 11 heteroatoms. The van der Waals surface area contributed by atoms with Crippen LogP contribution in [-0.4, -0.2) is 45.8 Å². The Balaban J connectivity index is 2.14. The second-order valence-corrected chi connectivity index (χ2v) is 7.46. The lowest BCUT2D eigenvalue weighted by molar-refractivity contribution is 0.324. The third-order valence-electron chi connectivity index (χ3n) is 4.17. The van der Waals surface area contributed by atoms with Gasteiger partial charge in [-0.1, -0.05) is 6.07 Å². The maximum absolute atomic E-state index is 11.1. The van der Waals surface area contributed by atoms with E-state index < -0.39 is 10.4 Å². The monoisotopic (exact) mass is 452 g/mol. The van der Waals surface area contributed by atoms with Crippen LogP contribution in [0.2, 0.25) is 0 Å². The minimum atomic E-state index is -4.97. The van der Waals surface area contributed by atoms with Crippen molar-refractivity contribution in [1.82, 2.24) is 4.37 Å². The van der Waals surface area contributed by atoms with Gasteiger partial charge < -0.3 is 27.7 Å². The second kappa shape index (κ2) is 8.78. The van der Waals surface area contributed by atoms with Crippen LogP contribution in [0.1, 0.15) is 0 Å². The minimum absolute atomic E-state index is 0.107. The highest BCUT2D eigenvalue weighted by Crippen LogP contribution is 2.44. The summed E-state index contributed by atoms with van der Waals surface area (Å²) in [6.07, 6.45) is 0. The van der Waals surface area contributed by atoms with Crippen LogP contribution in [0.4, 0.5) is 0 Å². The topological polar surface area (TPSA) is 116 Å². The fraction of sp³-hybridized carbons (Fsp3) is 0.211. The molecule has 0 N–H and O–H groups in total. The van der Waals surface area contributed by atoms with Crippen molar-refractivity contribution in [3.8, 4) is 51.1 Å². The molecular formula is C19H18NO8S2-. The number of aromatic nitrogens is 1. The van der Waals surface area contributed by atoms with Gasteiger partial charge in [-0.3, -0.25) is 0 Å². The highest BCUT2D eigenvalue weighted by molar-refractivity contribution is 7.81. The average molecular weight is 452 g/mol. The molecule has 0 atom stereocenters. The summed E-state index contributed by atoms with van der Waals surface area (Å²) in [7, 11) is 0.905. The van der Waals surface area contributed by atoms with Gasteiger partial charge in [-0.25, -0.2) is 8.42 Å². The lowest BCUT2D eigenvalue weighted by Gasteiger charge is -2.15. The molecule has 0 aliphatic rings.